The summed E-state index contributed by atoms with van der Waals surface area (Å²) in [6.45, 7) is 8.06. The van der Waals surface area contributed by atoms with Crippen molar-refractivity contribution < 1.29 is 27.6 Å². The zero-order chi connectivity index (χ0) is 29.0. The lowest BCUT2D eigenvalue weighted by Crippen LogP contribution is -2.32. The van der Waals surface area contributed by atoms with Gasteiger partial charge in [0, 0.05) is 36.9 Å². The third-order valence-corrected chi connectivity index (χ3v) is 8.29. The second-order valence-corrected chi connectivity index (χ2v) is 11.5. The van der Waals surface area contributed by atoms with Crippen LogP contribution in [0.25, 0.3) is 5.69 Å². The molecule has 3 aromatic rings. The molecule has 1 saturated heterocycles. The number of rotatable bonds is 11. The van der Waals surface area contributed by atoms with Crippen molar-refractivity contribution in [3.63, 3.8) is 0 Å². The number of nitrogens with one attached hydrogen (secondary N) is 2. The average Bonchev–Trinajstić information content (AvgIpc) is 3.56. The van der Waals surface area contributed by atoms with Gasteiger partial charge in [0.1, 0.15) is 10.6 Å². The van der Waals surface area contributed by atoms with Crippen molar-refractivity contribution in [3.05, 3.63) is 69.4 Å². The van der Waals surface area contributed by atoms with Gasteiger partial charge in [-0.25, -0.2) is 13.1 Å². The Labute approximate surface area is 232 Å². The molecule has 0 saturated carbocycles. The summed E-state index contributed by atoms with van der Waals surface area (Å²) in [6.07, 6.45) is 2.23. The summed E-state index contributed by atoms with van der Waals surface area (Å²) in [5.74, 6) is -0.484. The first-order valence-corrected chi connectivity index (χ1v) is 14.5. The summed E-state index contributed by atoms with van der Waals surface area (Å²) in [4.78, 5) is 23.5. The van der Waals surface area contributed by atoms with Gasteiger partial charge in [-0.1, -0.05) is 24.6 Å². The van der Waals surface area contributed by atoms with E-state index in [4.69, 9.17) is 9.47 Å². The Bertz CT molecular complexity index is 1500. The van der Waals surface area contributed by atoms with E-state index in [0.717, 1.165) is 30.5 Å². The van der Waals surface area contributed by atoms with Gasteiger partial charge >= 0.3 is 0 Å². The maximum Gasteiger partial charge on any atom is 0.272 e. The van der Waals surface area contributed by atoms with Crippen molar-refractivity contribution in [2.24, 2.45) is 0 Å². The van der Waals surface area contributed by atoms with Crippen LogP contribution in [0.2, 0.25) is 0 Å². The SMILES string of the molecule is CC[C@H](C)NS(=O)(=O)c1cc([N+](=O)[O-])ccc1Oc1c(C)c(C(=O)NC[C@H]2CCCO2)nn1-c1ccc(C)cc1. The van der Waals surface area contributed by atoms with Crippen LogP contribution in [-0.2, 0) is 14.8 Å². The molecule has 0 aliphatic carbocycles. The van der Waals surface area contributed by atoms with Crippen LogP contribution in [0.4, 0.5) is 5.69 Å². The van der Waals surface area contributed by atoms with E-state index >= 15 is 0 Å². The largest absolute Gasteiger partial charge is 0.437 e. The van der Waals surface area contributed by atoms with Crippen molar-refractivity contribution >= 4 is 21.6 Å². The molecule has 1 aliphatic heterocycles. The van der Waals surface area contributed by atoms with Crippen LogP contribution in [-0.4, -0.2) is 54.3 Å². The van der Waals surface area contributed by atoms with Crippen molar-refractivity contribution in [1.82, 2.24) is 19.8 Å². The van der Waals surface area contributed by atoms with Gasteiger partial charge in [-0.15, -0.1) is 0 Å². The van der Waals surface area contributed by atoms with Gasteiger partial charge < -0.3 is 14.8 Å². The van der Waals surface area contributed by atoms with E-state index in [1.807, 2.05) is 26.0 Å². The van der Waals surface area contributed by atoms with Crippen molar-refractivity contribution in [2.45, 2.75) is 64.0 Å². The molecule has 13 heteroatoms. The second-order valence-electron chi connectivity index (χ2n) is 9.79. The molecule has 2 N–H and O–H groups in total. The predicted octanol–water partition coefficient (Wildman–Crippen LogP) is 4.18. The number of nitro groups is 1. The van der Waals surface area contributed by atoms with Gasteiger partial charge in [0.25, 0.3) is 11.6 Å². The summed E-state index contributed by atoms with van der Waals surface area (Å²) in [6, 6.07) is 10.2. The summed E-state index contributed by atoms with van der Waals surface area (Å²) >= 11 is 0. The Morgan fingerprint density at radius 2 is 1.98 bits per heavy atom. The maximum absolute atomic E-state index is 13.3. The van der Waals surface area contributed by atoms with E-state index in [1.165, 1.54) is 10.7 Å². The lowest BCUT2D eigenvalue weighted by Gasteiger charge is -2.16. The Balaban J connectivity index is 1.78. The van der Waals surface area contributed by atoms with Crippen LogP contribution >= 0.6 is 0 Å². The number of non-ortho nitro benzene ring substituents is 1. The van der Waals surface area contributed by atoms with Crippen molar-refractivity contribution in [1.29, 1.82) is 0 Å². The molecule has 0 bridgehead atoms. The Morgan fingerprint density at radius 3 is 2.60 bits per heavy atom. The van der Waals surface area contributed by atoms with E-state index < -0.39 is 37.5 Å². The number of benzene rings is 2. The molecule has 1 amide bonds. The lowest BCUT2D eigenvalue weighted by molar-refractivity contribution is -0.385. The third-order valence-electron chi connectivity index (χ3n) is 6.68. The standard InChI is InChI=1S/C27H33N5O7S/c1-5-18(3)30-40(36,37)24-15-21(32(34)35)12-13-23(24)39-27-19(4)25(26(33)28-16-22-7-6-14-38-22)29-31(27)20-10-8-17(2)9-11-20/h8-13,15,18,22,30H,5-7,14,16H2,1-4H3,(H,28,33)/t18-,22+/m0/s1. The monoisotopic (exact) mass is 571 g/mol. The topological polar surface area (TPSA) is 155 Å². The van der Waals surface area contributed by atoms with E-state index in [1.54, 1.807) is 26.0 Å². The summed E-state index contributed by atoms with van der Waals surface area (Å²) in [7, 11) is -4.20. The zero-order valence-electron chi connectivity index (χ0n) is 22.8. The number of carbonyl (C=O) groups excluding carboxylic acids is 1. The number of aryl methyl sites for hydroxylation is 1. The first kappa shape index (κ1) is 29.2. The molecule has 2 atom stereocenters. The molecular formula is C27H33N5O7S. The van der Waals surface area contributed by atoms with Gasteiger partial charge in [-0.05, 0) is 58.2 Å². The fraction of sp³-hybridized carbons (Fsp3) is 0.407. The fourth-order valence-electron chi connectivity index (χ4n) is 4.19. The summed E-state index contributed by atoms with van der Waals surface area (Å²) < 4.78 is 42.2. The number of ether oxygens (including phenoxy) is 2. The number of hydrogen-bond acceptors (Lipinski definition) is 8. The highest BCUT2D eigenvalue weighted by Gasteiger charge is 2.29. The van der Waals surface area contributed by atoms with Crippen LogP contribution in [0.15, 0.2) is 47.4 Å². The molecule has 1 aliphatic rings. The highest BCUT2D eigenvalue weighted by molar-refractivity contribution is 7.89. The molecule has 0 unspecified atom stereocenters. The Morgan fingerprint density at radius 1 is 1.25 bits per heavy atom. The molecule has 2 aromatic carbocycles. The van der Waals surface area contributed by atoms with Crippen LogP contribution < -0.4 is 14.8 Å². The van der Waals surface area contributed by atoms with E-state index in [-0.39, 0.29) is 23.4 Å². The number of sulfonamides is 1. The number of hydrogen-bond donors (Lipinski definition) is 2. The van der Waals surface area contributed by atoms with E-state index in [2.05, 4.69) is 15.1 Å². The highest BCUT2D eigenvalue weighted by Crippen LogP contribution is 2.36. The second kappa shape index (κ2) is 12.1. The quantitative estimate of drug-likeness (QED) is 0.257. The van der Waals surface area contributed by atoms with Gasteiger partial charge in [0.15, 0.2) is 5.69 Å². The van der Waals surface area contributed by atoms with Crippen molar-refractivity contribution in [2.75, 3.05) is 13.2 Å². The third kappa shape index (κ3) is 6.49. The van der Waals surface area contributed by atoms with Crippen LogP contribution in [0.5, 0.6) is 11.6 Å². The number of nitrogens with zero attached hydrogens (tertiary/aromatic N) is 3. The van der Waals surface area contributed by atoms with Crippen LogP contribution in [0.1, 0.15) is 54.7 Å². The maximum atomic E-state index is 13.3. The van der Waals surface area contributed by atoms with Crippen LogP contribution in [0.3, 0.4) is 0 Å². The van der Waals surface area contributed by atoms with Gasteiger partial charge in [0.05, 0.1) is 16.7 Å². The van der Waals surface area contributed by atoms with Gasteiger partial charge in [0.2, 0.25) is 15.9 Å². The minimum atomic E-state index is -4.20. The molecular weight excluding hydrogens is 538 g/mol. The first-order chi connectivity index (χ1) is 19.0. The minimum Gasteiger partial charge on any atom is -0.437 e. The smallest absolute Gasteiger partial charge is 0.272 e. The molecule has 4 rings (SSSR count). The Kier molecular flexibility index (Phi) is 8.86. The number of nitro benzene ring substituents is 1. The molecule has 214 valence electrons. The number of aromatic nitrogens is 2. The molecule has 0 radical (unpaired) electrons. The molecule has 12 nitrogen and oxygen atoms in total. The average molecular weight is 572 g/mol. The predicted molar refractivity (Wildman–Crippen MR) is 148 cm³/mol. The number of amides is 1. The van der Waals surface area contributed by atoms with Crippen LogP contribution in [0, 0.1) is 24.0 Å². The summed E-state index contributed by atoms with van der Waals surface area (Å²) in [5, 5.41) is 18.8. The molecule has 0 spiro atoms. The molecule has 2 heterocycles. The zero-order valence-corrected chi connectivity index (χ0v) is 23.7. The molecule has 1 fully saturated rings. The molecule has 40 heavy (non-hydrogen) atoms. The minimum absolute atomic E-state index is 0.0648. The van der Waals surface area contributed by atoms with Crippen molar-refractivity contribution in [3.8, 4) is 17.3 Å². The van der Waals surface area contributed by atoms with E-state index in [0.29, 0.717) is 30.8 Å². The van der Waals surface area contributed by atoms with Gasteiger partial charge in [-0.3, -0.25) is 14.9 Å². The van der Waals surface area contributed by atoms with Gasteiger partial charge in [-0.2, -0.15) is 9.78 Å². The Hall–Kier alpha value is -3.81. The number of carbonyl (C=O) groups is 1. The lowest BCUT2D eigenvalue weighted by atomic mass is 10.2. The fourth-order valence-corrected chi connectivity index (χ4v) is 5.67. The highest BCUT2D eigenvalue weighted by atomic mass is 32.2. The first-order valence-electron chi connectivity index (χ1n) is 13.0. The summed E-state index contributed by atoms with van der Waals surface area (Å²) in [5.41, 5.74) is 1.63. The molecule has 1 aromatic heterocycles. The normalized spacial score (nSPS) is 16.1. The van der Waals surface area contributed by atoms with E-state index in [9.17, 15) is 23.3 Å².